The molecule has 1 aromatic rings. The van der Waals surface area contributed by atoms with Crippen LogP contribution in [0, 0.1) is 0 Å². The maximum absolute atomic E-state index is 11.9. The Bertz CT molecular complexity index is 413. The van der Waals surface area contributed by atoms with Crippen molar-refractivity contribution < 1.29 is 4.79 Å². The summed E-state index contributed by atoms with van der Waals surface area (Å²) in [6.45, 7) is 10.7. The normalized spacial score (nSPS) is 11.7. The van der Waals surface area contributed by atoms with E-state index in [2.05, 4.69) is 26.1 Å². The highest BCUT2D eigenvalue weighted by Gasteiger charge is 2.15. The van der Waals surface area contributed by atoms with Crippen LogP contribution >= 0.6 is 12.4 Å². The summed E-state index contributed by atoms with van der Waals surface area (Å²) in [4.78, 5) is 11.9. The van der Waals surface area contributed by atoms with E-state index in [9.17, 15) is 4.79 Å². The van der Waals surface area contributed by atoms with Gasteiger partial charge in [-0.2, -0.15) is 0 Å². The van der Waals surface area contributed by atoms with Crippen molar-refractivity contribution in [1.29, 1.82) is 0 Å². The van der Waals surface area contributed by atoms with Gasteiger partial charge in [-0.25, -0.2) is 0 Å². The van der Waals surface area contributed by atoms with Crippen LogP contribution in [0.15, 0.2) is 24.3 Å². The van der Waals surface area contributed by atoms with Crippen LogP contribution < -0.4 is 11.1 Å². The van der Waals surface area contributed by atoms with Gasteiger partial charge in [0.25, 0.3) is 5.91 Å². The Hall–Kier alpha value is -1.06. The van der Waals surface area contributed by atoms with Gasteiger partial charge in [-0.1, -0.05) is 32.9 Å². The minimum atomic E-state index is -0.388. The molecule has 0 bridgehead atoms. The monoisotopic (exact) mass is 284 g/mol. The zero-order valence-corrected chi connectivity index (χ0v) is 13.2. The molecule has 108 valence electrons. The van der Waals surface area contributed by atoms with E-state index in [1.54, 1.807) is 0 Å². The van der Waals surface area contributed by atoms with Gasteiger partial charge in [0.05, 0.1) is 0 Å². The van der Waals surface area contributed by atoms with Crippen molar-refractivity contribution in [2.75, 3.05) is 6.54 Å². The summed E-state index contributed by atoms with van der Waals surface area (Å²) in [5.74, 6) is -0.0750. The average molecular weight is 285 g/mol. The molecule has 0 radical (unpaired) electrons. The van der Waals surface area contributed by atoms with Gasteiger partial charge in [-0.3, -0.25) is 4.79 Å². The van der Waals surface area contributed by atoms with Gasteiger partial charge in [0.1, 0.15) is 0 Å². The molecule has 0 atom stereocenters. The fourth-order valence-corrected chi connectivity index (χ4v) is 1.53. The SMILES string of the molecule is CC(C)(N)CNC(=O)c1ccc(C(C)(C)C)cc1.Cl. The third-order valence-electron chi connectivity index (χ3n) is 2.72. The van der Waals surface area contributed by atoms with Gasteiger partial charge in [0, 0.05) is 17.6 Å². The summed E-state index contributed by atoms with van der Waals surface area (Å²) in [5, 5.41) is 2.83. The van der Waals surface area contributed by atoms with Gasteiger partial charge in [0.15, 0.2) is 0 Å². The topological polar surface area (TPSA) is 55.1 Å². The summed E-state index contributed by atoms with van der Waals surface area (Å²) >= 11 is 0. The lowest BCUT2D eigenvalue weighted by atomic mass is 9.86. The molecule has 1 aromatic carbocycles. The summed E-state index contributed by atoms with van der Waals surface area (Å²) in [7, 11) is 0. The minimum Gasteiger partial charge on any atom is -0.350 e. The predicted molar refractivity (Wildman–Crippen MR) is 83.0 cm³/mol. The first-order valence-electron chi connectivity index (χ1n) is 6.27. The van der Waals surface area contributed by atoms with Crippen molar-refractivity contribution in [1.82, 2.24) is 5.32 Å². The molecule has 0 unspecified atom stereocenters. The van der Waals surface area contributed by atoms with Gasteiger partial charge in [-0.05, 0) is 37.0 Å². The molecule has 0 spiro atoms. The number of rotatable bonds is 3. The Balaban J connectivity index is 0.00000324. The molecule has 0 saturated carbocycles. The number of halogens is 1. The Morgan fingerprint density at radius 3 is 1.95 bits per heavy atom. The maximum Gasteiger partial charge on any atom is 0.251 e. The van der Waals surface area contributed by atoms with Crippen molar-refractivity contribution in [3.63, 3.8) is 0 Å². The molecule has 0 aliphatic rings. The van der Waals surface area contributed by atoms with Crippen molar-refractivity contribution in [2.24, 2.45) is 5.73 Å². The molecule has 0 aromatic heterocycles. The molecule has 0 saturated heterocycles. The standard InChI is InChI=1S/C15H24N2O.ClH/c1-14(2,3)12-8-6-11(7-9-12)13(18)17-10-15(4,5)16;/h6-9H,10,16H2,1-5H3,(H,17,18);1H. The molecule has 3 nitrogen and oxygen atoms in total. The van der Waals surface area contributed by atoms with Crippen LogP contribution in [-0.2, 0) is 5.41 Å². The third kappa shape index (κ3) is 6.08. The lowest BCUT2D eigenvalue weighted by Crippen LogP contribution is -2.45. The lowest BCUT2D eigenvalue weighted by molar-refractivity contribution is 0.0946. The first-order valence-corrected chi connectivity index (χ1v) is 6.27. The molecule has 1 amide bonds. The van der Waals surface area contributed by atoms with Crippen LogP contribution in [0.4, 0.5) is 0 Å². The highest BCUT2D eigenvalue weighted by molar-refractivity contribution is 5.94. The Morgan fingerprint density at radius 2 is 1.58 bits per heavy atom. The van der Waals surface area contributed by atoms with Gasteiger partial charge in [0.2, 0.25) is 0 Å². The molecule has 19 heavy (non-hydrogen) atoms. The number of carbonyl (C=O) groups excluding carboxylic acids is 1. The van der Waals surface area contributed by atoms with E-state index in [4.69, 9.17) is 5.73 Å². The predicted octanol–water partition coefficient (Wildman–Crippen LogP) is 2.87. The van der Waals surface area contributed by atoms with E-state index < -0.39 is 0 Å². The number of amides is 1. The Labute approximate surface area is 122 Å². The van der Waals surface area contributed by atoms with Crippen LogP contribution in [-0.4, -0.2) is 18.0 Å². The van der Waals surface area contributed by atoms with Crippen LogP contribution in [0.5, 0.6) is 0 Å². The zero-order valence-electron chi connectivity index (χ0n) is 12.4. The van der Waals surface area contributed by atoms with Crippen LogP contribution in [0.25, 0.3) is 0 Å². The van der Waals surface area contributed by atoms with Crippen molar-refractivity contribution in [3.05, 3.63) is 35.4 Å². The molecule has 0 fully saturated rings. The molecular weight excluding hydrogens is 260 g/mol. The van der Waals surface area contributed by atoms with E-state index in [0.29, 0.717) is 12.1 Å². The lowest BCUT2D eigenvalue weighted by Gasteiger charge is -2.20. The highest BCUT2D eigenvalue weighted by atomic mass is 35.5. The van der Waals surface area contributed by atoms with Crippen molar-refractivity contribution in [2.45, 2.75) is 45.6 Å². The number of benzene rings is 1. The van der Waals surface area contributed by atoms with Crippen molar-refractivity contribution >= 4 is 18.3 Å². The molecule has 0 heterocycles. The molecule has 0 aliphatic carbocycles. The number of hydrogen-bond acceptors (Lipinski definition) is 2. The first kappa shape index (κ1) is 17.9. The van der Waals surface area contributed by atoms with Crippen molar-refractivity contribution in [3.8, 4) is 0 Å². The van der Waals surface area contributed by atoms with E-state index in [-0.39, 0.29) is 29.3 Å². The number of carbonyl (C=O) groups is 1. The molecule has 4 heteroatoms. The van der Waals surface area contributed by atoms with E-state index in [1.165, 1.54) is 5.56 Å². The quantitative estimate of drug-likeness (QED) is 0.897. The van der Waals surface area contributed by atoms with Gasteiger partial charge >= 0.3 is 0 Å². The highest BCUT2D eigenvalue weighted by Crippen LogP contribution is 2.22. The fraction of sp³-hybridized carbons (Fsp3) is 0.533. The number of nitrogens with one attached hydrogen (secondary N) is 1. The summed E-state index contributed by atoms with van der Waals surface area (Å²) < 4.78 is 0. The number of nitrogens with two attached hydrogens (primary N) is 1. The second-order valence-electron chi connectivity index (χ2n) is 6.50. The minimum absolute atomic E-state index is 0. The van der Waals surface area contributed by atoms with E-state index in [1.807, 2.05) is 38.1 Å². The summed E-state index contributed by atoms with van der Waals surface area (Å²) in [6.07, 6.45) is 0. The first-order chi connectivity index (χ1) is 8.09. The smallest absolute Gasteiger partial charge is 0.251 e. The fourth-order valence-electron chi connectivity index (χ4n) is 1.53. The molecule has 3 N–H and O–H groups in total. The van der Waals surface area contributed by atoms with Gasteiger partial charge in [-0.15, -0.1) is 12.4 Å². The molecule has 0 aliphatic heterocycles. The summed E-state index contributed by atoms with van der Waals surface area (Å²) in [5.41, 5.74) is 7.44. The third-order valence-corrected chi connectivity index (χ3v) is 2.72. The Morgan fingerprint density at radius 1 is 1.11 bits per heavy atom. The Kier molecular flexibility index (Phi) is 6.04. The largest absolute Gasteiger partial charge is 0.350 e. The number of hydrogen-bond donors (Lipinski definition) is 2. The summed E-state index contributed by atoms with van der Waals surface area (Å²) in [6, 6.07) is 7.73. The van der Waals surface area contributed by atoms with Crippen LogP contribution in [0.3, 0.4) is 0 Å². The maximum atomic E-state index is 11.9. The van der Waals surface area contributed by atoms with Crippen LogP contribution in [0.2, 0.25) is 0 Å². The zero-order chi connectivity index (χ0) is 14.0. The molecular formula is C15H25ClN2O. The average Bonchev–Trinajstić information content (AvgIpc) is 2.24. The van der Waals surface area contributed by atoms with Gasteiger partial charge < -0.3 is 11.1 Å². The second-order valence-corrected chi connectivity index (χ2v) is 6.50. The second kappa shape index (κ2) is 6.40. The molecule has 1 rings (SSSR count). The van der Waals surface area contributed by atoms with Crippen LogP contribution in [0.1, 0.15) is 50.5 Å². The van der Waals surface area contributed by atoms with E-state index >= 15 is 0 Å². The van der Waals surface area contributed by atoms with E-state index in [0.717, 1.165) is 0 Å².